The number of hydrogen-bond donors (Lipinski definition) is 0. The molecule has 4 aromatic rings. The van der Waals surface area contributed by atoms with Gasteiger partial charge in [0, 0.05) is 11.2 Å². The Labute approximate surface area is 199 Å². The van der Waals surface area contributed by atoms with Crippen LogP contribution in [0.3, 0.4) is 0 Å². The SMILES string of the molecule is CC1=C(S(C)(C)C2C(c3ccccc3)=Cc3c2ccc2ccccc32)C(C)c2ccccc21. The van der Waals surface area contributed by atoms with Gasteiger partial charge in [0.25, 0.3) is 0 Å². The Morgan fingerprint density at radius 2 is 1.39 bits per heavy atom. The summed E-state index contributed by atoms with van der Waals surface area (Å²) in [6.07, 6.45) is 7.61. The van der Waals surface area contributed by atoms with Crippen LogP contribution in [-0.2, 0) is 0 Å². The van der Waals surface area contributed by atoms with Crippen molar-refractivity contribution >= 4 is 38.0 Å². The molecule has 0 heterocycles. The van der Waals surface area contributed by atoms with Gasteiger partial charge in [-0.05, 0) is 80.2 Å². The van der Waals surface area contributed by atoms with Crippen LogP contribution in [-0.4, -0.2) is 12.5 Å². The molecule has 4 aromatic carbocycles. The number of fused-ring (bicyclic) bond motifs is 4. The van der Waals surface area contributed by atoms with E-state index in [0.717, 1.165) is 0 Å². The lowest BCUT2D eigenvalue weighted by atomic mass is 10.0. The topological polar surface area (TPSA) is 0 Å². The lowest BCUT2D eigenvalue weighted by molar-refractivity contribution is 0.968. The number of benzene rings is 4. The molecule has 0 aliphatic heterocycles. The highest BCUT2D eigenvalue weighted by Gasteiger charge is 2.42. The summed E-state index contributed by atoms with van der Waals surface area (Å²) in [6.45, 7) is 4.77. The predicted molar refractivity (Wildman–Crippen MR) is 148 cm³/mol. The molecule has 0 amide bonds. The third-order valence-electron chi connectivity index (χ3n) is 7.73. The lowest BCUT2D eigenvalue weighted by Crippen LogP contribution is -2.14. The van der Waals surface area contributed by atoms with Crippen LogP contribution in [0.5, 0.6) is 0 Å². The van der Waals surface area contributed by atoms with E-state index in [1.165, 1.54) is 49.7 Å². The lowest BCUT2D eigenvalue weighted by Gasteiger charge is -2.44. The molecule has 2 unspecified atom stereocenters. The average Bonchev–Trinajstić information content (AvgIpc) is 3.37. The van der Waals surface area contributed by atoms with E-state index in [4.69, 9.17) is 0 Å². The molecule has 0 fully saturated rings. The van der Waals surface area contributed by atoms with E-state index in [9.17, 15) is 0 Å². The number of rotatable bonds is 3. The molecule has 0 bridgehead atoms. The molecule has 0 saturated heterocycles. The zero-order valence-corrected chi connectivity index (χ0v) is 20.6. The number of hydrogen-bond acceptors (Lipinski definition) is 0. The van der Waals surface area contributed by atoms with Crippen molar-refractivity contribution in [3.05, 3.63) is 124 Å². The Balaban J connectivity index is 1.59. The quantitative estimate of drug-likeness (QED) is 0.294. The molecular weight excluding hydrogens is 416 g/mol. The van der Waals surface area contributed by atoms with Crippen molar-refractivity contribution in [2.24, 2.45) is 0 Å². The molecule has 0 radical (unpaired) electrons. The normalized spacial score (nSPS) is 20.1. The fourth-order valence-electron chi connectivity index (χ4n) is 6.39. The minimum absolute atomic E-state index is 0.390. The molecule has 1 heteroatoms. The highest BCUT2D eigenvalue weighted by Crippen LogP contribution is 2.72. The summed E-state index contributed by atoms with van der Waals surface area (Å²) in [4.78, 5) is 1.66. The third kappa shape index (κ3) is 2.99. The van der Waals surface area contributed by atoms with Crippen LogP contribution < -0.4 is 0 Å². The van der Waals surface area contributed by atoms with E-state index in [-0.39, 0.29) is 0 Å². The van der Waals surface area contributed by atoms with Gasteiger partial charge in [0.05, 0.1) is 0 Å². The maximum atomic E-state index is 2.56. The van der Waals surface area contributed by atoms with E-state index in [2.05, 4.69) is 123 Å². The standard InChI is InChI=1S/C32H30S/c1-21-25-15-10-11-16-26(25)22(2)31(21)33(3,4)32-28-19-18-24-14-8-9-17-27(24)30(28)20-29(32)23-12-6-5-7-13-23/h5-21,32H,1-4H3. The van der Waals surface area contributed by atoms with Gasteiger partial charge in [-0.1, -0.05) is 97.9 Å². The Hall–Kier alpha value is -3.03. The fraction of sp³-hybridized carbons (Fsp3) is 0.188. The van der Waals surface area contributed by atoms with Crippen molar-refractivity contribution in [3.63, 3.8) is 0 Å². The Bertz CT molecular complexity index is 1450. The molecule has 2 atom stereocenters. The summed E-state index contributed by atoms with van der Waals surface area (Å²) >= 11 is 0. The van der Waals surface area contributed by atoms with Gasteiger partial charge in [-0.2, -0.15) is 0 Å². The highest BCUT2D eigenvalue weighted by atomic mass is 32.3. The second-order valence-corrected chi connectivity index (χ2v) is 13.6. The van der Waals surface area contributed by atoms with Crippen molar-refractivity contribution in [1.82, 2.24) is 0 Å². The average molecular weight is 447 g/mol. The van der Waals surface area contributed by atoms with Gasteiger partial charge in [0.1, 0.15) is 0 Å². The van der Waals surface area contributed by atoms with Gasteiger partial charge in [0.2, 0.25) is 0 Å². The molecule has 0 nitrogen and oxygen atoms in total. The van der Waals surface area contributed by atoms with E-state index in [1.54, 1.807) is 4.91 Å². The van der Waals surface area contributed by atoms with Gasteiger partial charge < -0.3 is 0 Å². The summed E-state index contributed by atoms with van der Waals surface area (Å²) in [5.41, 5.74) is 10.2. The summed E-state index contributed by atoms with van der Waals surface area (Å²) in [6, 6.07) is 33.6. The first-order valence-corrected chi connectivity index (χ1v) is 14.3. The molecule has 0 spiro atoms. The second-order valence-electron chi connectivity index (χ2n) is 9.84. The van der Waals surface area contributed by atoms with Crippen LogP contribution in [0.25, 0.3) is 28.0 Å². The van der Waals surface area contributed by atoms with Crippen molar-refractivity contribution in [3.8, 4) is 0 Å². The van der Waals surface area contributed by atoms with Crippen LogP contribution in [0, 0.1) is 0 Å². The van der Waals surface area contributed by atoms with Gasteiger partial charge in [0.15, 0.2) is 0 Å². The van der Waals surface area contributed by atoms with Crippen molar-refractivity contribution in [2.45, 2.75) is 25.0 Å². The predicted octanol–water partition coefficient (Wildman–Crippen LogP) is 9.05. The van der Waals surface area contributed by atoms with Crippen molar-refractivity contribution in [2.75, 3.05) is 12.5 Å². The molecule has 2 aliphatic carbocycles. The van der Waals surface area contributed by atoms with Crippen LogP contribution in [0.2, 0.25) is 0 Å². The van der Waals surface area contributed by atoms with Crippen LogP contribution >= 0.6 is 10.0 Å². The molecule has 0 saturated carbocycles. The highest BCUT2D eigenvalue weighted by molar-refractivity contribution is 8.36. The largest absolute Gasteiger partial charge is 0.212 e. The zero-order valence-electron chi connectivity index (χ0n) is 19.8. The molecule has 33 heavy (non-hydrogen) atoms. The Morgan fingerprint density at radius 1 is 0.697 bits per heavy atom. The zero-order chi connectivity index (χ0) is 22.7. The Morgan fingerprint density at radius 3 is 2.18 bits per heavy atom. The van der Waals surface area contributed by atoms with E-state index in [1.807, 2.05) is 0 Å². The van der Waals surface area contributed by atoms with Gasteiger partial charge in [-0.25, -0.2) is 10.0 Å². The summed E-state index contributed by atoms with van der Waals surface area (Å²) in [5.74, 6) is 0.465. The monoisotopic (exact) mass is 446 g/mol. The smallest absolute Gasteiger partial charge is 0.0434 e. The summed E-state index contributed by atoms with van der Waals surface area (Å²) in [5, 5.41) is 3.08. The van der Waals surface area contributed by atoms with Gasteiger partial charge >= 0.3 is 0 Å². The van der Waals surface area contributed by atoms with Crippen molar-refractivity contribution < 1.29 is 0 Å². The first kappa shape index (κ1) is 20.6. The molecule has 164 valence electrons. The fourth-order valence-corrected chi connectivity index (χ4v) is 10.3. The summed E-state index contributed by atoms with van der Waals surface area (Å²) < 4.78 is 0. The maximum absolute atomic E-state index is 2.56. The van der Waals surface area contributed by atoms with E-state index < -0.39 is 10.0 Å². The van der Waals surface area contributed by atoms with Gasteiger partial charge in [-0.3, -0.25) is 0 Å². The third-order valence-corrected chi connectivity index (χ3v) is 11.2. The minimum atomic E-state index is -1.17. The first-order valence-electron chi connectivity index (χ1n) is 11.8. The second kappa shape index (κ2) is 7.50. The van der Waals surface area contributed by atoms with Gasteiger partial charge in [-0.15, -0.1) is 0 Å². The van der Waals surface area contributed by atoms with E-state index in [0.29, 0.717) is 11.2 Å². The van der Waals surface area contributed by atoms with Crippen molar-refractivity contribution in [1.29, 1.82) is 0 Å². The van der Waals surface area contributed by atoms with E-state index >= 15 is 0 Å². The van der Waals surface area contributed by atoms with Crippen LogP contribution in [0.1, 0.15) is 52.8 Å². The molecular formula is C32H30S. The minimum Gasteiger partial charge on any atom is -0.212 e. The molecule has 6 rings (SSSR count). The molecule has 2 aliphatic rings. The Kier molecular flexibility index (Phi) is 4.67. The molecule has 0 aromatic heterocycles. The van der Waals surface area contributed by atoms with Crippen LogP contribution in [0.4, 0.5) is 0 Å². The first-order chi connectivity index (χ1) is 16.0. The molecule has 0 N–H and O–H groups in total. The van der Waals surface area contributed by atoms with Crippen LogP contribution in [0.15, 0.2) is 95.9 Å². The number of allylic oxidation sites excluding steroid dienone is 2. The maximum Gasteiger partial charge on any atom is 0.0434 e. The summed E-state index contributed by atoms with van der Waals surface area (Å²) in [7, 11) is -1.17.